The van der Waals surface area contributed by atoms with Crippen LogP contribution in [0.3, 0.4) is 0 Å². The Morgan fingerprint density at radius 3 is 2.44 bits per heavy atom. The van der Waals surface area contributed by atoms with Crippen molar-refractivity contribution in [3.05, 3.63) is 59.7 Å². The van der Waals surface area contributed by atoms with Crippen LogP contribution in [0.15, 0.2) is 53.1 Å². The summed E-state index contributed by atoms with van der Waals surface area (Å²) in [6.07, 6.45) is -6.16. The van der Waals surface area contributed by atoms with Crippen LogP contribution < -0.4 is 10.5 Å². The van der Waals surface area contributed by atoms with Crippen molar-refractivity contribution in [2.45, 2.75) is 13.1 Å². The van der Waals surface area contributed by atoms with Crippen LogP contribution in [0, 0.1) is 6.92 Å². The van der Waals surface area contributed by atoms with Crippen molar-refractivity contribution in [3.63, 3.8) is 0 Å². The number of rotatable bonds is 2. The van der Waals surface area contributed by atoms with Crippen molar-refractivity contribution in [1.82, 2.24) is 10.1 Å². The number of nitrogen functional groups attached to an aromatic ring is 1. The number of carbonyl (C=O) groups is 1. The lowest BCUT2D eigenvalue weighted by Gasteiger charge is -2.06. The summed E-state index contributed by atoms with van der Waals surface area (Å²) in [6, 6.07) is 11.4. The average Bonchev–Trinajstić information content (AvgIpc) is 3.02. The molecule has 0 amide bonds. The van der Waals surface area contributed by atoms with E-state index >= 15 is 0 Å². The number of nitrogens with two attached hydrogens (primary N) is 1. The zero-order chi connectivity index (χ0) is 20.0. The Balaban J connectivity index is 0.000000273. The lowest BCUT2D eigenvalue weighted by molar-refractivity contribution is -0.137. The van der Waals surface area contributed by atoms with Gasteiger partial charge in [0, 0.05) is 11.3 Å². The zero-order valence-electron chi connectivity index (χ0n) is 13.9. The van der Waals surface area contributed by atoms with Gasteiger partial charge in [-0.3, -0.25) is 0 Å². The van der Waals surface area contributed by atoms with E-state index in [0.717, 1.165) is 17.8 Å². The van der Waals surface area contributed by atoms with E-state index in [-0.39, 0.29) is 11.5 Å². The molecule has 0 spiro atoms. The molecule has 1 heterocycles. The van der Waals surface area contributed by atoms with E-state index in [0.29, 0.717) is 0 Å². The monoisotopic (exact) mass is 381 g/mol. The minimum Gasteiger partial charge on any atom is -0.449 e. The van der Waals surface area contributed by atoms with E-state index in [1.165, 1.54) is 17.7 Å². The normalized spacial score (nSPS) is 10.7. The SMILES string of the molecule is Cc1cccc(N)c1.O=C(O)Oc1noc(-c2cccc(C(F)(F)F)c2)n1. The molecule has 27 heavy (non-hydrogen) atoms. The van der Waals surface area contributed by atoms with Gasteiger partial charge in [-0.05, 0) is 48.0 Å². The molecule has 0 atom stereocenters. The molecule has 0 fully saturated rings. The van der Waals surface area contributed by atoms with Gasteiger partial charge in [-0.2, -0.15) is 18.2 Å². The molecule has 0 saturated carbocycles. The predicted octanol–water partition coefficient (Wildman–Crippen LogP) is 4.39. The van der Waals surface area contributed by atoms with Gasteiger partial charge in [0.05, 0.1) is 5.56 Å². The van der Waals surface area contributed by atoms with Crippen molar-refractivity contribution >= 4 is 11.8 Å². The van der Waals surface area contributed by atoms with Gasteiger partial charge in [0.15, 0.2) is 0 Å². The third-order valence-electron chi connectivity index (χ3n) is 3.06. The number of ether oxygens (including phenoxy) is 1. The van der Waals surface area contributed by atoms with E-state index < -0.39 is 23.9 Å². The minimum atomic E-state index is -4.50. The molecule has 0 saturated heterocycles. The van der Waals surface area contributed by atoms with Gasteiger partial charge < -0.3 is 20.1 Å². The average molecular weight is 381 g/mol. The summed E-state index contributed by atoms with van der Waals surface area (Å²) >= 11 is 0. The summed E-state index contributed by atoms with van der Waals surface area (Å²) in [5.74, 6) is -0.276. The highest BCUT2D eigenvalue weighted by Crippen LogP contribution is 2.31. The van der Waals surface area contributed by atoms with Crippen molar-refractivity contribution in [2.75, 3.05) is 5.73 Å². The molecular formula is C17H14F3N3O4. The maximum absolute atomic E-state index is 12.5. The summed E-state index contributed by atoms with van der Waals surface area (Å²) in [5.41, 5.74) is 6.63. The lowest BCUT2D eigenvalue weighted by Crippen LogP contribution is -2.04. The quantitative estimate of drug-likeness (QED) is 0.500. The number of aryl methyl sites for hydroxylation is 1. The molecular weight excluding hydrogens is 367 g/mol. The molecule has 10 heteroatoms. The number of benzene rings is 2. The number of aromatic nitrogens is 2. The summed E-state index contributed by atoms with van der Waals surface area (Å²) in [6.45, 7) is 2.02. The number of halogens is 3. The molecule has 3 aromatic rings. The first-order valence-corrected chi connectivity index (χ1v) is 7.39. The molecule has 2 aromatic carbocycles. The van der Waals surface area contributed by atoms with E-state index in [4.69, 9.17) is 10.8 Å². The van der Waals surface area contributed by atoms with E-state index in [1.807, 2.05) is 31.2 Å². The number of carboxylic acid groups (broad SMARTS) is 1. The number of hydrogen-bond acceptors (Lipinski definition) is 6. The highest BCUT2D eigenvalue weighted by molar-refractivity contribution is 5.60. The van der Waals surface area contributed by atoms with Crippen molar-refractivity contribution < 1.29 is 32.3 Å². The Bertz CT molecular complexity index is 908. The Morgan fingerprint density at radius 1 is 1.19 bits per heavy atom. The first kappa shape index (κ1) is 19.8. The highest BCUT2D eigenvalue weighted by atomic mass is 19.4. The molecule has 0 aliphatic rings. The Labute approximate surface area is 151 Å². The third-order valence-corrected chi connectivity index (χ3v) is 3.06. The van der Waals surface area contributed by atoms with Crippen LogP contribution in [0.2, 0.25) is 0 Å². The van der Waals surface area contributed by atoms with Crippen molar-refractivity contribution in [2.24, 2.45) is 0 Å². The number of alkyl halides is 3. The van der Waals surface area contributed by atoms with Crippen LogP contribution in [0.5, 0.6) is 6.01 Å². The third kappa shape index (κ3) is 6.03. The van der Waals surface area contributed by atoms with Crippen LogP contribution in [-0.2, 0) is 6.18 Å². The fourth-order valence-corrected chi connectivity index (χ4v) is 1.95. The van der Waals surface area contributed by atoms with Gasteiger partial charge >= 0.3 is 18.3 Å². The lowest BCUT2D eigenvalue weighted by atomic mass is 10.1. The molecule has 7 nitrogen and oxygen atoms in total. The van der Waals surface area contributed by atoms with Crippen molar-refractivity contribution in [1.29, 1.82) is 0 Å². The molecule has 0 unspecified atom stereocenters. The van der Waals surface area contributed by atoms with E-state index in [9.17, 15) is 18.0 Å². The number of anilines is 1. The van der Waals surface area contributed by atoms with Crippen LogP contribution >= 0.6 is 0 Å². The largest absolute Gasteiger partial charge is 0.513 e. The first-order valence-electron chi connectivity index (χ1n) is 7.39. The van der Waals surface area contributed by atoms with E-state index in [2.05, 4.69) is 19.4 Å². The molecule has 0 aliphatic carbocycles. The fraction of sp³-hybridized carbons (Fsp3) is 0.118. The smallest absolute Gasteiger partial charge is 0.449 e. The van der Waals surface area contributed by atoms with Gasteiger partial charge in [-0.25, -0.2) is 4.79 Å². The maximum atomic E-state index is 12.5. The molecule has 3 N–H and O–H groups in total. The predicted molar refractivity (Wildman–Crippen MR) is 89.0 cm³/mol. The summed E-state index contributed by atoms with van der Waals surface area (Å²) in [5, 5.41) is 11.5. The molecule has 3 rings (SSSR count). The van der Waals surface area contributed by atoms with Gasteiger partial charge in [-0.15, -0.1) is 0 Å². The second kappa shape index (κ2) is 8.21. The van der Waals surface area contributed by atoms with Crippen LogP contribution in [-0.4, -0.2) is 21.4 Å². The maximum Gasteiger partial charge on any atom is 0.513 e. The molecule has 0 bridgehead atoms. The Kier molecular flexibility index (Phi) is 6.01. The van der Waals surface area contributed by atoms with Gasteiger partial charge in [-0.1, -0.05) is 18.2 Å². The summed E-state index contributed by atoms with van der Waals surface area (Å²) in [4.78, 5) is 13.7. The van der Waals surface area contributed by atoms with E-state index in [1.54, 1.807) is 0 Å². The van der Waals surface area contributed by atoms with Crippen molar-refractivity contribution in [3.8, 4) is 17.5 Å². The minimum absolute atomic E-state index is 0.00237. The molecule has 1 aromatic heterocycles. The second-order valence-electron chi connectivity index (χ2n) is 5.24. The van der Waals surface area contributed by atoms with Gasteiger partial charge in [0.1, 0.15) is 0 Å². The molecule has 142 valence electrons. The zero-order valence-corrected chi connectivity index (χ0v) is 13.9. The molecule has 0 radical (unpaired) electrons. The highest BCUT2D eigenvalue weighted by Gasteiger charge is 2.31. The number of nitrogens with zero attached hydrogens (tertiary/aromatic N) is 2. The summed E-state index contributed by atoms with van der Waals surface area (Å²) < 4.78 is 46.2. The van der Waals surface area contributed by atoms with Crippen LogP contribution in [0.4, 0.5) is 23.7 Å². The van der Waals surface area contributed by atoms with Gasteiger partial charge in [0.25, 0.3) is 5.89 Å². The number of hydrogen-bond donors (Lipinski definition) is 2. The molecule has 0 aliphatic heterocycles. The Morgan fingerprint density at radius 2 is 1.89 bits per heavy atom. The topological polar surface area (TPSA) is 111 Å². The summed E-state index contributed by atoms with van der Waals surface area (Å²) in [7, 11) is 0. The standard InChI is InChI=1S/C10H5F3N2O4.C7H9N/c11-10(12,13)6-3-1-2-5(4-6)7-14-8(15-19-7)18-9(16)17;1-6-3-2-4-7(8)5-6/h1-4H,(H,16,17);2-5H,8H2,1H3. The second-order valence-corrected chi connectivity index (χ2v) is 5.24. The fourth-order valence-electron chi connectivity index (χ4n) is 1.95. The van der Waals surface area contributed by atoms with Gasteiger partial charge in [0.2, 0.25) is 0 Å². The van der Waals surface area contributed by atoms with Crippen LogP contribution in [0.25, 0.3) is 11.5 Å². The Hall–Kier alpha value is -3.56. The first-order chi connectivity index (χ1) is 12.6. The van der Waals surface area contributed by atoms with Crippen LogP contribution in [0.1, 0.15) is 11.1 Å².